The zero-order valence-corrected chi connectivity index (χ0v) is 9.10. The maximum Gasteiger partial charge on any atom is 0.441 e. The van der Waals surface area contributed by atoms with E-state index in [-0.39, 0.29) is 29.6 Å². The van der Waals surface area contributed by atoms with Gasteiger partial charge in [0.1, 0.15) is 5.56 Å². The Morgan fingerprint density at radius 1 is 1.62 bits per heavy atom. The highest BCUT2D eigenvalue weighted by molar-refractivity contribution is 8.00. The van der Waals surface area contributed by atoms with Crippen LogP contribution >= 0.6 is 11.8 Å². The summed E-state index contributed by atoms with van der Waals surface area (Å²) in [7, 11) is 0. The van der Waals surface area contributed by atoms with Crippen molar-refractivity contribution in [1.82, 2.24) is 9.78 Å². The first kappa shape index (κ1) is 12.9. The molecular formula is C8H9F3N2O2S. The Bertz CT molecular complexity index is 389. The Hall–Kier alpha value is -1.18. The third-order valence-corrected chi connectivity index (χ3v) is 2.48. The van der Waals surface area contributed by atoms with Gasteiger partial charge in [-0.2, -0.15) is 18.3 Å². The number of hydrogen-bond acceptors (Lipinski definition) is 3. The second kappa shape index (κ2) is 4.77. The first-order chi connectivity index (χ1) is 7.29. The van der Waals surface area contributed by atoms with Crippen LogP contribution in [0.2, 0.25) is 0 Å². The molecule has 0 fully saturated rings. The van der Waals surface area contributed by atoms with Crippen molar-refractivity contribution in [2.45, 2.75) is 19.0 Å². The van der Waals surface area contributed by atoms with Crippen LogP contribution in [0, 0.1) is 6.92 Å². The number of carbonyl (C=O) groups is 1. The lowest BCUT2D eigenvalue weighted by molar-refractivity contribution is -0.0328. The van der Waals surface area contributed by atoms with Crippen molar-refractivity contribution in [3.05, 3.63) is 17.5 Å². The Labute approximate surface area is 93.4 Å². The highest BCUT2D eigenvalue weighted by atomic mass is 32.2. The zero-order chi connectivity index (χ0) is 12.3. The lowest BCUT2D eigenvalue weighted by atomic mass is 10.3. The highest BCUT2D eigenvalue weighted by Gasteiger charge is 2.27. The van der Waals surface area contributed by atoms with Crippen LogP contribution in [-0.4, -0.2) is 32.1 Å². The SMILES string of the molecule is Cc1nn(CCSC(F)(F)F)cc1C(=O)O. The standard InChI is InChI=1S/C8H9F3N2O2S/c1-5-6(7(14)15)4-13(12-5)2-3-16-8(9,10)11/h4H,2-3H2,1H3,(H,14,15). The molecule has 0 spiro atoms. The molecular weight excluding hydrogens is 245 g/mol. The molecule has 0 amide bonds. The monoisotopic (exact) mass is 254 g/mol. The number of aryl methyl sites for hydroxylation is 2. The number of aromatic nitrogens is 2. The Balaban J connectivity index is 2.56. The van der Waals surface area contributed by atoms with Gasteiger partial charge in [-0.1, -0.05) is 0 Å². The average Bonchev–Trinajstić information content (AvgIpc) is 2.44. The summed E-state index contributed by atoms with van der Waals surface area (Å²) in [4.78, 5) is 10.6. The Morgan fingerprint density at radius 2 is 2.25 bits per heavy atom. The average molecular weight is 254 g/mol. The number of halogens is 3. The Kier molecular flexibility index (Phi) is 3.84. The number of rotatable bonds is 4. The van der Waals surface area contributed by atoms with E-state index >= 15 is 0 Å². The minimum atomic E-state index is -4.27. The summed E-state index contributed by atoms with van der Waals surface area (Å²) in [6.07, 6.45) is 1.23. The van der Waals surface area contributed by atoms with Crippen molar-refractivity contribution in [3.8, 4) is 0 Å². The van der Waals surface area contributed by atoms with Crippen molar-refractivity contribution < 1.29 is 23.1 Å². The van der Waals surface area contributed by atoms with Gasteiger partial charge in [0, 0.05) is 11.9 Å². The number of nitrogens with zero attached hydrogens (tertiary/aromatic N) is 2. The first-order valence-corrected chi connectivity index (χ1v) is 5.26. The molecule has 8 heteroatoms. The smallest absolute Gasteiger partial charge is 0.441 e. The van der Waals surface area contributed by atoms with E-state index in [1.807, 2.05) is 0 Å². The molecule has 0 aliphatic rings. The summed E-state index contributed by atoms with van der Waals surface area (Å²) in [6.45, 7) is 1.52. The molecule has 0 aliphatic carbocycles. The van der Waals surface area contributed by atoms with Crippen LogP contribution in [0.4, 0.5) is 13.2 Å². The number of thioether (sulfide) groups is 1. The number of hydrogen-bond donors (Lipinski definition) is 1. The van der Waals surface area contributed by atoms with Crippen LogP contribution in [0.15, 0.2) is 6.20 Å². The normalized spacial score (nSPS) is 11.8. The molecule has 0 saturated carbocycles. The largest absolute Gasteiger partial charge is 0.478 e. The van der Waals surface area contributed by atoms with Gasteiger partial charge in [0.25, 0.3) is 0 Å². The quantitative estimate of drug-likeness (QED) is 0.894. The van der Waals surface area contributed by atoms with Crippen LogP contribution in [0.25, 0.3) is 0 Å². The fourth-order valence-corrected chi connectivity index (χ4v) is 1.61. The lowest BCUT2D eigenvalue weighted by Crippen LogP contribution is -2.07. The first-order valence-electron chi connectivity index (χ1n) is 4.27. The molecule has 0 bridgehead atoms. The molecule has 1 N–H and O–H groups in total. The van der Waals surface area contributed by atoms with E-state index in [0.29, 0.717) is 5.69 Å². The summed E-state index contributed by atoms with van der Waals surface area (Å²) in [6, 6.07) is 0. The highest BCUT2D eigenvalue weighted by Crippen LogP contribution is 2.29. The zero-order valence-electron chi connectivity index (χ0n) is 8.28. The number of carboxylic acid groups (broad SMARTS) is 1. The van der Waals surface area contributed by atoms with Crippen LogP contribution in [0.5, 0.6) is 0 Å². The minimum Gasteiger partial charge on any atom is -0.478 e. The van der Waals surface area contributed by atoms with Gasteiger partial charge in [-0.15, -0.1) is 0 Å². The second-order valence-corrected chi connectivity index (χ2v) is 4.15. The molecule has 16 heavy (non-hydrogen) atoms. The molecule has 4 nitrogen and oxygen atoms in total. The predicted molar refractivity (Wildman–Crippen MR) is 52.4 cm³/mol. The van der Waals surface area contributed by atoms with Gasteiger partial charge in [-0.25, -0.2) is 4.79 Å². The van der Waals surface area contributed by atoms with Crippen molar-refractivity contribution in [1.29, 1.82) is 0 Å². The van der Waals surface area contributed by atoms with E-state index in [9.17, 15) is 18.0 Å². The van der Waals surface area contributed by atoms with Crippen molar-refractivity contribution in [2.75, 3.05) is 5.75 Å². The Morgan fingerprint density at radius 3 is 2.69 bits per heavy atom. The van der Waals surface area contributed by atoms with Crippen LogP contribution in [0.1, 0.15) is 16.1 Å². The van der Waals surface area contributed by atoms with E-state index in [1.54, 1.807) is 0 Å². The van der Waals surface area contributed by atoms with Gasteiger partial charge in [0.2, 0.25) is 0 Å². The van der Waals surface area contributed by atoms with Crippen LogP contribution in [-0.2, 0) is 6.54 Å². The van der Waals surface area contributed by atoms with Gasteiger partial charge < -0.3 is 5.11 Å². The third-order valence-electron chi connectivity index (χ3n) is 1.76. The fraction of sp³-hybridized carbons (Fsp3) is 0.500. The maximum atomic E-state index is 11.8. The van der Waals surface area contributed by atoms with Gasteiger partial charge in [0.15, 0.2) is 0 Å². The minimum absolute atomic E-state index is 0.0111. The molecule has 0 aromatic carbocycles. The van der Waals surface area contributed by atoms with Gasteiger partial charge in [-0.3, -0.25) is 4.68 Å². The van der Waals surface area contributed by atoms with Crippen LogP contribution < -0.4 is 0 Å². The van der Waals surface area contributed by atoms with Gasteiger partial charge >= 0.3 is 11.5 Å². The summed E-state index contributed by atoms with van der Waals surface area (Å²) in [5.41, 5.74) is -3.96. The third kappa shape index (κ3) is 3.76. The van der Waals surface area contributed by atoms with E-state index < -0.39 is 11.5 Å². The number of aromatic carboxylic acids is 1. The van der Waals surface area contributed by atoms with E-state index in [2.05, 4.69) is 5.10 Å². The summed E-state index contributed by atoms with van der Waals surface area (Å²) >= 11 is -0.156. The molecule has 0 aliphatic heterocycles. The molecule has 1 rings (SSSR count). The van der Waals surface area contributed by atoms with Gasteiger partial charge in [0.05, 0.1) is 12.2 Å². The summed E-state index contributed by atoms with van der Waals surface area (Å²) in [5.74, 6) is -1.32. The van der Waals surface area contributed by atoms with Gasteiger partial charge in [-0.05, 0) is 18.7 Å². The number of alkyl halides is 3. The summed E-state index contributed by atoms with van der Waals surface area (Å²) < 4.78 is 36.6. The molecule has 0 atom stereocenters. The molecule has 1 aromatic rings. The fourth-order valence-electron chi connectivity index (χ4n) is 1.10. The van der Waals surface area contributed by atoms with Crippen molar-refractivity contribution in [2.24, 2.45) is 0 Å². The predicted octanol–water partition coefficient (Wildman–Crippen LogP) is 2.14. The number of carboxylic acids is 1. The topological polar surface area (TPSA) is 55.1 Å². The lowest BCUT2D eigenvalue weighted by Gasteiger charge is -2.04. The van der Waals surface area contributed by atoms with E-state index in [1.165, 1.54) is 17.8 Å². The molecule has 1 aromatic heterocycles. The maximum absolute atomic E-state index is 11.8. The molecule has 0 unspecified atom stereocenters. The summed E-state index contributed by atoms with van der Waals surface area (Å²) in [5, 5.41) is 12.5. The van der Waals surface area contributed by atoms with Crippen molar-refractivity contribution in [3.63, 3.8) is 0 Å². The molecule has 0 radical (unpaired) electrons. The molecule has 90 valence electrons. The van der Waals surface area contributed by atoms with E-state index in [4.69, 9.17) is 5.11 Å². The second-order valence-electron chi connectivity index (χ2n) is 2.99. The molecule has 1 heterocycles. The van der Waals surface area contributed by atoms with Crippen molar-refractivity contribution >= 4 is 17.7 Å². The van der Waals surface area contributed by atoms with E-state index in [0.717, 1.165) is 0 Å². The molecule has 0 saturated heterocycles. The van der Waals surface area contributed by atoms with Crippen LogP contribution in [0.3, 0.4) is 0 Å².